The molecule has 0 saturated heterocycles. The fourth-order valence-electron chi connectivity index (χ4n) is 2.03. The molecule has 0 aromatic carbocycles. The van der Waals surface area contributed by atoms with Crippen LogP contribution in [-0.4, -0.2) is 22.9 Å². The van der Waals surface area contributed by atoms with Crippen molar-refractivity contribution in [1.29, 1.82) is 0 Å². The SMILES string of the molecule is CCC(CO)[C@H]1CC[C@H](O)C1. The summed E-state index contributed by atoms with van der Waals surface area (Å²) in [5.74, 6) is 0.993. The van der Waals surface area contributed by atoms with E-state index in [-0.39, 0.29) is 12.7 Å². The van der Waals surface area contributed by atoms with Gasteiger partial charge in [-0.2, -0.15) is 0 Å². The Bertz CT molecular complexity index is 110. The predicted molar refractivity (Wildman–Crippen MR) is 44.2 cm³/mol. The molecular weight excluding hydrogens is 140 g/mol. The Morgan fingerprint density at radius 1 is 1.45 bits per heavy atom. The monoisotopic (exact) mass is 158 g/mol. The third kappa shape index (κ3) is 2.17. The smallest absolute Gasteiger partial charge is 0.0543 e. The molecule has 2 nitrogen and oxygen atoms in total. The molecule has 0 aliphatic heterocycles. The average molecular weight is 158 g/mol. The predicted octanol–water partition coefficient (Wildman–Crippen LogP) is 1.17. The molecule has 1 aliphatic carbocycles. The minimum absolute atomic E-state index is 0.0967. The third-order valence-corrected chi connectivity index (χ3v) is 2.87. The van der Waals surface area contributed by atoms with Gasteiger partial charge in [-0.15, -0.1) is 0 Å². The molecule has 1 aliphatic rings. The summed E-state index contributed by atoms with van der Waals surface area (Å²) in [4.78, 5) is 0. The van der Waals surface area contributed by atoms with Gasteiger partial charge in [-0.05, 0) is 31.1 Å². The lowest BCUT2D eigenvalue weighted by molar-refractivity contribution is 0.144. The van der Waals surface area contributed by atoms with Gasteiger partial charge < -0.3 is 10.2 Å². The Labute approximate surface area is 68.2 Å². The van der Waals surface area contributed by atoms with E-state index in [1.54, 1.807) is 0 Å². The van der Waals surface area contributed by atoms with E-state index >= 15 is 0 Å². The zero-order valence-corrected chi connectivity index (χ0v) is 7.16. The van der Waals surface area contributed by atoms with Crippen molar-refractivity contribution in [2.24, 2.45) is 11.8 Å². The molecule has 0 radical (unpaired) electrons. The van der Waals surface area contributed by atoms with Gasteiger partial charge in [0.15, 0.2) is 0 Å². The van der Waals surface area contributed by atoms with Crippen molar-refractivity contribution in [3.05, 3.63) is 0 Å². The van der Waals surface area contributed by atoms with Gasteiger partial charge in [0.1, 0.15) is 0 Å². The molecule has 2 heteroatoms. The van der Waals surface area contributed by atoms with Crippen LogP contribution in [0, 0.1) is 11.8 Å². The molecule has 11 heavy (non-hydrogen) atoms. The third-order valence-electron chi connectivity index (χ3n) is 2.87. The first-order valence-corrected chi connectivity index (χ1v) is 4.56. The normalized spacial score (nSPS) is 34.1. The summed E-state index contributed by atoms with van der Waals surface area (Å²) >= 11 is 0. The van der Waals surface area contributed by atoms with E-state index in [4.69, 9.17) is 5.11 Å². The topological polar surface area (TPSA) is 40.5 Å². The van der Waals surface area contributed by atoms with Crippen LogP contribution in [0.4, 0.5) is 0 Å². The van der Waals surface area contributed by atoms with Crippen LogP contribution in [0.15, 0.2) is 0 Å². The lowest BCUT2D eigenvalue weighted by atomic mass is 9.89. The van der Waals surface area contributed by atoms with Crippen LogP contribution < -0.4 is 0 Å². The zero-order chi connectivity index (χ0) is 8.27. The van der Waals surface area contributed by atoms with Gasteiger partial charge in [0.2, 0.25) is 0 Å². The number of hydrogen-bond acceptors (Lipinski definition) is 2. The molecule has 0 aromatic heterocycles. The van der Waals surface area contributed by atoms with Crippen molar-refractivity contribution in [2.75, 3.05) is 6.61 Å². The van der Waals surface area contributed by atoms with E-state index in [2.05, 4.69) is 6.92 Å². The van der Waals surface area contributed by atoms with E-state index in [0.29, 0.717) is 11.8 Å². The fraction of sp³-hybridized carbons (Fsp3) is 1.00. The van der Waals surface area contributed by atoms with Crippen molar-refractivity contribution < 1.29 is 10.2 Å². The quantitative estimate of drug-likeness (QED) is 0.647. The first-order chi connectivity index (χ1) is 5.27. The highest BCUT2D eigenvalue weighted by molar-refractivity contribution is 4.79. The highest BCUT2D eigenvalue weighted by atomic mass is 16.3. The molecule has 0 bridgehead atoms. The maximum absolute atomic E-state index is 9.26. The highest BCUT2D eigenvalue weighted by Crippen LogP contribution is 2.32. The second kappa shape index (κ2) is 4.07. The van der Waals surface area contributed by atoms with Crippen LogP contribution in [0.3, 0.4) is 0 Å². The summed E-state index contributed by atoms with van der Waals surface area (Å²) in [6.07, 6.45) is 3.87. The van der Waals surface area contributed by atoms with Crippen LogP contribution >= 0.6 is 0 Å². The number of rotatable bonds is 3. The maximum Gasteiger partial charge on any atom is 0.0543 e. The summed E-state index contributed by atoms with van der Waals surface area (Å²) in [5, 5.41) is 18.2. The number of hydrogen-bond donors (Lipinski definition) is 2. The van der Waals surface area contributed by atoms with Gasteiger partial charge in [-0.25, -0.2) is 0 Å². The minimum Gasteiger partial charge on any atom is -0.396 e. The summed E-state index contributed by atoms with van der Waals surface area (Å²) < 4.78 is 0. The first kappa shape index (κ1) is 9.01. The molecule has 66 valence electrons. The van der Waals surface area contributed by atoms with Crippen molar-refractivity contribution in [3.63, 3.8) is 0 Å². The summed E-state index contributed by atoms with van der Waals surface area (Å²) in [5.41, 5.74) is 0. The van der Waals surface area contributed by atoms with E-state index < -0.39 is 0 Å². The molecule has 1 saturated carbocycles. The molecule has 0 amide bonds. The highest BCUT2D eigenvalue weighted by Gasteiger charge is 2.28. The lowest BCUT2D eigenvalue weighted by Crippen LogP contribution is -2.15. The lowest BCUT2D eigenvalue weighted by Gasteiger charge is -2.18. The van der Waals surface area contributed by atoms with Gasteiger partial charge in [-0.1, -0.05) is 13.3 Å². The fourth-order valence-corrected chi connectivity index (χ4v) is 2.03. The van der Waals surface area contributed by atoms with Crippen molar-refractivity contribution in [2.45, 2.75) is 38.7 Å². The van der Waals surface area contributed by atoms with Gasteiger partial charge in [-0.3, -0.25) is 0 Å². The standard InChI is InChI=1S/C9H18O2/c1-2-7(6-10)8-3-4-9(11)5-8/h7-11H,2-6H2,1H3/t7?,8-,9-/m0/s1. The van der Waals surface area contributed by atoms with Crippen molar-refractivity contribution in [1.82, 2.24) is 0 Å². The van der Waals surface area contributed by atoms with Gasteiger partial charge in [0.05, 0.1) is 6.10 Å². The van der Waals surface area contributed by atoms with Crippen LogP contribution in [-0.2, 0) is 0 Å². The molecule has 1 unspecified atom stereocenters. The largest absolute Gasteiger partial charge is 0.396 e. The number of aliphatic hydroxyl groups excluding tert-OH is 2. The van der Waals surface area contributed by atoms with Gasteiger partial charge in [0.25, 0.3) is 0 Å². The molecular formula is C9H18O2. The first-order valence-electron chi connectivity index (χ1n) is 4.56. The molecule has 2 N–H and O–H groups in total. The van der Waals surface area contributed by atoms with Crippen LogP contribution in [0.5, 0.6) is 0 Å². The maximum atomic E-state index is 9.26. The Balaban J connectivity index is 2.34. The van der Waals surface area contributed by atoms with Gasteiger partial charge in [0, 0.05) is 6.61 Å². The molecule has 0 heterocycles. The molecule has 0 aromatic rings. The number of aliphatic hydroxyl groups is 2. The Hall–Kier alpha value is -0.0800. The van der Waals surface area contributed by atoms with Gasteiger partial charge >= 0.3 is 0 Å². The van der Waals surface area contributed by atoms with Crippen molar-refractivity contribution >= 4 is 0 Å². The molecule has 1 rings (SSSR count). The minimum atomic E-state index is -0.0967. The summed E-state index contributed by atoms with van der Waals surface area (Å²) in [6.45, 7) is 2.39. The Kier molecular flexibility index (Phi) is 3.34. The average Bonchev–Trinajstić information content (AvgIpc) is 2.39. The molecule has 1 fully saturated rings. The molecule has 0 spiro atoms. The van der Waals surface area contributed by atoms with Crippen LogP contribution in [0.25, 0.3) is 0 Å². The van der Waals surface area contributed by atoms with E-state index in [1.807, 2.05) is 0 Å². The second-order valence-electron chi connectivity index (χ2n) is 3.58. The zero-order valence-electron chi connectivity index (χ0n) is 7.16. The summed E-state index contributed by atoms with van der Waals surface area (Å²) in [7, 11) is 0. The van der Waals surface area contributed by atoms with Crippen LogP contribution in [0.2, 0.25) is 0 Å². The second-order valence-corrected chi connectivity index (χ2v) is 3.58. The van der Waals surface area contributed by atoms with E-state index in [9.17, 15) is 5.11 Å². The van der Waals surface area contributed by atoms with Crippen LogP contribution in [0.1, 0.15) is 32.6 Å². The van der Waals surface area contributed by atoms with E-state index in [1.165, 1.54) is 0 Å². The Morgan fingerprint density at radius 3 is 2.55 bits per heavy atom. The van der Waals surface area contributed by atoms with E-state index in [0.717, 1.165) is 25.7 Å². The van der Waals surface area contributed by atoms with Crippen molar-refractivity contribution in [3.8, 4) is 0 Å². The molecule has 3 atom stereocenters. The Morgan fingerprint density at radius 2 is 2.18 bits per heavy atom. The summed E-state index contributed by atoms with van der Waals surface area (Å²) in [6, 6.07) is 0.